The summed E-state index contributed by atoms with van der Waals surface area (Å²) < 4.78 is 39.5. The van der Waals surface area contributed by atoms with Gasteiger partial charge in [0.05, 0.1) is 33.9 Å². The molecule has 0 saturated carbocycles. The Morgan fingerprint density at radius 2 is 1.58 bits per heavy atom. The SMILES string of the molecule is CC=C(C)C(=O)OC1c2cc3c(cc2C(c2cc(OC)c(OC)c(OC)c2)C2C(=O)OCC12)OCO3. The third-order valence-electron chi connectivity index (χ3n) is 7.15. The second-order valence-electron chi connectivity index (χ2n) is 8.89. The second kappa shape index (κ2) is 9.29. The highest BCUT2D eigenvalue weighted by atomic mass is 16.7. The van der Waals surface area contributed by atoms with Gasteiger partial charge < -0.3 is 33.2 Å². The van der Waals surface area contributed by atoms with E-state index in [4.69, 9.17) is 33.2 Å². The van der Waals surface area contributed by atoms with Crippen LogP contribution in [0.25, 0.3) is 0 Å². The van der Waals surface area contributed by atoms with Gasteiger partial charge in [-0.2, -0.15) is 0 Å². The van der Waals surface area contributed by atoms with Gasteiger partial charge in [0, 0.05) is 23.0 Å². The number of cyclic esters (lactones) is 1. The van der Waals surface area contributed by atoms with Crippen molar-refractivity contribution in [3.63, 3.8) is 0 Å². The lowest BCUT2D eigenvalue weighted by atomic mass is 9.66. The van der Waals surface area contributed by atoms with Crippen LogP contribution in [0, 0.1) is 11.8 Å². The standard InChI is InChI=1S/C27H28O9/c1-6-13(2)26(28)36-24-16-10-19-18(34-12-35-19)9-15(16)22(23-17(24)11-33-27(23)29)14-7-20(30-3)25(32-5)21(8-14)31-4/h6-10,17,22-24H,11-12H2,1-5H3. The first-order valence-electron chi connectivity index (χ1n) is 11.7. The lowest BCUT2D eigenvalue weighted by molar-refractivity contribution is -0.150. The van der Waals surface area contributed by atoms with Crippen LogP contribution in [0.3, 0.4) is 0 Å². The summed E-state index contributed by atoms with van der Waals surface area (Å²) in [6.07, 6.45) is 0.990. The predicted molar refractivity (Wildman–Crippen MR) is 127 cm³/mol. The molecule has 0 aromatic heterocycles. The molecule has 0 amide bonds. The van der Waals surface area contributed by atoms with Gasteiger partial charge in [0.2, 0.25) is 12.5 Å². The van der Waals surface area contributed by atoms with E-state index in [9.17, 15) is 9.59 Å². The van der Waals surface area contributed by atoms with E-state index in [2.05, 4.69) is 0 Å². The molecular formula is C27H28O9. The molecule has 4 atom stereocenters. The summed E-state index contributed by atoms with van der Waals surface area (Å²) in [6.45, 7) is 3.68. The van der Waals surface area contributed by atoms with E-state index >= 15 is 0 Å². The molecule has 0 radical (unpaired) electrons. The van der Waals surface area contributed by atoms with Gasteiger partial charge in [0.15, 0.2) is 23.0 Å². The zero-order valence-electron chi connectivity index (χ0n) is 20.8. The number of hydrogen-bond donors (Lipinski definition) is 0. The van der Waals surface area contributed by atoms with E-state index in [0.717, 1.165) is 16.7 Å². The van der Waals surface area contributed by atoms with Crippen molar-refractivity contribution < 1.29 is 42.7 Å². The van der Waals surface area contributed by atoms with E-state index in [-0.39, 0.29) is 19.4 Å². The zero-order chi connectivity index (χ0) is 25.6. The number of methoxy groups -OCH3 is 3. The molecule has 36 heavy (non-hydrogen) atoms. The van der Waals surface area contributed by atoms with Crippen molar-refractivity contribution in [2.45, 2.75) is 25.9 Å². The highest BCUT2D eigenvalue weighted by molar-refractivity contribution is 5.88. The van der Waals surface area contributed by atoms with Crippen LogP contribution in [0.15, 0.2) is 35.9 Å². The van der Waals surface area contributed by atoms with Crippen molar-refractivity contribution in [3.05, 3.63) is 52.6 Å². The molecule has 3 aliphatic rings. The molecule has 4 unspecified atom stereocenters. The second-order valence-corrected chi connectivity index (χ2v) is 8.89. The van der Waals surface area contributed by atoms with Crippen molar-refractivity contribution >= 4 is 11.9 Å². The molecule has 0 N–H and O–H groups in total. The molecule has 190 valence electrons. The summed E-state index contributed by atoms with van der Waals surface area (Å²) in [5.74, 6) is 0.249. The van der Waals surface area contributed by atoms with Crippen LogP contribution < -0.4 is 23.7 Å². The van der Waals surface area contributed by atoms with Gasteiger partial charge in [0.1, 0.15) is 6.10 Å². The fourth-order valence-corrected chi connectivity index (χ4v) is 5.27. The Morgan fingerprint density at radius 3 is 2.17 bits per heavy atom. The Kier molecular flexibility index (Phi) is 6.15. The van der Waals surface area contributed by atoms with Crippen LogP contribution in [-0.4, -0.2) is 46.7 Å². The molecule has 9 heteroatoms. The third kappa shape index (κ3) is 3.70. The van der Waals surface area contributed by atoms with Gasteiger partial charge in [-0.3, -0.25) is 4.79 Å². The molecule has 1 fully saturated rings. The minimum Gasteiger partial charge on any atom is -0.493 e. The first kappa shape index (κ1) is 23.8. The van der Waals surface area contributed by atoms with Crippen LogP contribution in [0.5, 0.6) is 28.7 Å². The molecular weight excluding hydrogens is 468 g/mol. The highest BCUT2D eigenvalue weighted by Gasteiger charge is 2.54. The smallest absolute Gasteiger partial charge is 0.333 e. The molecule has 0 spiro atoms. The lowest BCUT2D eigenvalue weighted by Crippen LogP contribution is -2.36. The van der Waals surface area contributed by atoms with Gasteiger partial charge in [-0.15, -0.1) is 0 Å². The molecule has 2 heterocycles. The number of fused-ring (bicyclic) bond motifs is 3. The van der Waals surface area contributed by atoms with Gasteiger partial charge in [-0.05, 0) is 49.2 Å². The van der Waals surface area contributed by atoms with E-state index < -0.39 is 29.8 Å². The maximum absolute atomic E-state index is 13.2. The molecule has 0 bridgehead atoms. The normalized spacial score (nSPS) is 23.9. The third-order valence-corrected chi connectivity index (χ3v) is 7.15. The summed E-state index contributed by atoms with van der Waals surface area (Å²) in [4.78, 5) is 26.0. The number of hydrogen-bond acceptors (Lipinski definition) is 9. The number of allylic oxidation sites excluding steroid dienone is 1. The molecule has 2 aliphatic heterocycles. The lowest BCUT2D eigenvalue weighted by Gasteiger charge is -2.38. The first-order valence-corrected chi connectivity index (χ1v) is 11.7. The van der Waals surface area contributed by atoms with Gasteiger partial charge in [-0.25, -0.2) is 4.79 Å². The topological polar surface area (TPSA) is 98.8 Å². The average Bonchev–Trinajstić information content (AvgIpc) is 3.52. The Balaban J connectivity index is 1.72. The summed E-state index contributed by atoms with van der Waals surface area (Å²) in [5.41, 5.74) is 2.78. The molecule has 2 aromatic carbocycles. The van der Waals surface area contributed by atoms with Crippen LogP contribution in [-0.2, 0) is 19.1 Å². The zero-order valence-corrected chi connectivity index (χ0v) is 20.8. The monoisotopic (exact) mass is 496 g/mol. The van der Waals surface area contributed by atoms with E-state index in [1.807, 2.05) is 24.3 Å². The Morgan fingerprint density at radius 1 is 0.944 bits per heavy atom. The number of carbonyl (C=O) groups is 2. The van der Waals surface area contributed by atoms with Crippen molar-refractivity contribution in [2.75, 3.05) is 34.7 Å². The first-order chi connectivity index (χ1) is 17.4. The van der Waals surface area contributed by atoms with E-state index in [1.165, 1.54) is 7.11 Å². The Hall–Kier alpha value is -3.88. The van der Waals surface area contributed by atoms with Crippen molar-refractivity contribution in [2.24, 2.45) is 11.8 Å². The van der Waals surface area contributed by atoms with Gasteiger partial charge in [0.25, 0.3) is 0 Å². The van der Waals surface area contributed by atoms with Crippen molar-refractivity contribution in [1.82, 2.24) is 0 Å². The van der Waals surface area contributed by atoms with Crippen LogP contribution >= 0.6 is 0 Å². The van der Waals surface area contributed by atoms with Crippen molar-refractivity contribution in [3.8, 4) is 28.7 Å². The average molecular weight is 497 g/mol. The van der Waals surface area contributed by atoms with Crippen molar-refractivity contribution in [1.29, 1.82) is 0 Å². The van der Waals surface area contributed by atoms with E-state index in [1.54, 1.807) is 34.1 Å². The number of rotatable bonds is 6. The summed E-state index contributed by atoms with van der Waals surface area (Å²) in [5, 5.41) is 0. The Bertz CT molecular complexity index is 1220. The molecule has 1 aliphatic carbocycles. The maximum Gasteiger partial charge on any atom is 0.333 e. The van der Waals surface area contributed by atoms with E-state index in [0.29, 0.717) is 34.3 Å². The van der Waals surface area contributed by atoms with Crippen LogP contribution in [0.1, 0.15) is 42.6 Å². The number of ether oxygens (including phenoxy) is 7. The summed E-state index contributed by atoms with van der Waals surface area (Å²) in [7, 11) is 4.62. The minimum absolute atomic E-state index is 0.0874. The molecule has 1 saturated heterocycles. The molecule has 2 aromatic rings. The van der Waals surface area contributed by atoms with Gasteiger partial charge >= 0.3 is 11.9 Å². The van der Waals surface area contributed by atoms with Gasteiger partial charge in [-0.1, -0.05) is 6.08 Å². The largest absolute Gasteiger partial charge is 0.493 e. The fourth-order valence-electron chi connectivity index (χ4n) is 5.27. The van der Waals surface area contributed by atoms with Crippen LogP contribution in [0.2, 0.25) is 0 Å². The molecule has 9 nitrogen and oxygen atoms in total. The molecule has 5 rings (SSSR count). The minimum atomic E-state index is -0.702. The number of esters is 2. The number of carbonyl (C=O) groups excluding carboxylic acids is 2. The Labute approximate surface area is 208 Å². The predicted octanol–water partition coefficient (Wildman–Crippen LogP) is 3.93. The highest BCUT2D eigenvalue weighted by Crippen LogP contribution is 2.56. The van der Waals surface area contributed by atoms with Crippen LogP contribution in [0.4, 0.5) is 0 Å². The quantitative estimate of drug-likeness (QED) is 0.435. The maximum atomic E-state index is 13.2. The summed E-state index contributed by atoms with van der Waals surface area (Å²) >= 11 is 0. The number of benzene rings is 2. The fraction of sp³-hybridized carbons (Fsp3) is 0.407. The summed E-state index contributed by atoms with van der Waals surface area (Å²) in [6, 6.07) is 7.36.